The Morgan fingerprint density at radius 2 is 2.11 bits per heavy atom. The largest absolute Gasteiger partial charge is 0.352 e. The molecular weight excluding hydrogens is 268 g/mol. The minimum atomic E-state index is 0.120. The summed E-state index contributed by atoms with van der Waals surface area (Å²) in [7, 11) is 0. The van der Waals surface area contributed by atoms with Crippen LogP contribution in [0.3, 0.4) is 0 Å². The molecule has 0 atom stereocenters. The lowest BCUT2D eigenvalue weighted by Crippen LogP contribution is -2.38. The van der Waals surface area contributed by atoms with Crippen molar-refractivity contribution in [2.75, 3.05) is 0 Å². The number of hydrogen-bond acceptors (Lipinski definition) is 3. The molecule has 1 N–H and O–H groups in total. The van der Waals surface area contributed by atoms with Crippen molar-refractivity contribution in [1.82, 2.24) is 10.3 Å². The smallest absolute Gasteiger partial charge is 0.227 e. The molecule has 3 nitrogen and oxygen atoms in total. The van der Waals surface area contributed by atoms with Gasteiger partial charge in [0.1, 0.15) is 5.01 Å². The zero-order valence-electron chi connectivity index (χ0n) is 10.2. The molecule has 0 aromatic carbocycles. The Hall–Kier alpha value is -0.610. The topological polar surface area (TPSA) is 42.0 Å². The Bertz CT molecular complexity index is 428. The van der Waals surface area contributed by atoms with Crippen LogP contribution in [0.1, 0.15) is 36.4 Å². The highest BCUT2D eigenvalue weighted by atomic mass is 35.5. The second-order valence-electron chi connectivity index (χ2n) is 5.31. The molecule has 3 rings (SSSR count). The summed E-state index contributed by atoms with van der Waals surface area (Å²) in [6, 6.07) is 0.435. The number of nitrogens with zero attached hydrogens (tertiary/aromatic N) is 1. The number of alkyl halides is 1. The lowest BCUT2D eigenvalue weighted by atomic mass is 10.1. The number of hydrogen-bond donors (Lipinski definition) is 1. The second kappa shape index (κ2) is 5.17. The summed E-state index contributed by atoms with van der Waals surface area (Å²) in [6.45, 7) is 0. The summed E-state index contributed by atoms with van der Waals surface area (Å²) >= 11 is 7.23. The molecule has 1 aromatic rings. The Morgan fingerprint density at radius 3 is 2.61 bits per heavy atom. The fourth-order valence-electron chi connectivity index (χ4n) is 2.40. The molecule has 0 aliphatic heterocycles. The van der Waals surface area contributed by atoms with Gasteiger partial charge < -0.3 is 5.32 Å². The van der Waals surface area contributed by atoms with E-state index in [4.69, 9.17) is 11.6 Å². The van der Waals surface area contributed by atoms with Gasteiger partial charge in [-0.25, -0.2) is 4.98 Å². The van der Waals surface area contributed by atoms with Crippen LogP contribution < -0.4 is 5.32 Å². The van der Waals surface area contributed by atoms with E-state index in [0.29, 0.717) is 18.3 Å². The maximum atomic E-state index is 12.0. The molecule has 2 saturated carbocycles. The van der Waals surface area contributed by atoms with Gasteiger partial charge in [-0.1, -0.05) is 0 Å². The fourth-order valence-corrected chi connectivity index (χ4v) is 3.42. The molecule has 0 spiro atoms. The zero-order valence-corrected chi connectivity index (χ0v) is 11.8. The van der Waals surface area contributed by atoms with E-state index < -0.39 is 0 Å². The van der Waals surface area contributed by atoms with E-state index in [-0.39, 0.29) is 5.91 Å². The van der Waals surface area contributed by atoms with E-state index >= 15 is 0 Å². The van der Waals surface area contributed by atoms with Gasteiger partial charge >= 0.3 is 0 Å². The number of amides is 1. The summed E-state index contributed by atoms with van der Waals surface area (Å²) in [4.78, 5) is 16.3. The Labute approximate surface area is 116 Å². The van der Waals surface area contributed by atoms with Crippen molar-refractivity contribution < 1.29 is 4.79 Å². The van der Waals surface area contributed by atoms with Crippen LogP contribution in [0, 0.1) is 11.8 Å². The molecule has 5 heteroatoms. The SMILES string of the molecule is O=C(Cc1nc(CCl)cs1)NC(C1CC1)C1CC1. The monoisotopic (exact) mass is 284 g/mol. The third-order valence-corrected chi connectivity index (χ3v) is 4.81. The van der Waals surface area contributed by atoms with Crippen LogP contribution in [0.15, 0.2) is 5.38 Å². The highest BCUT2D eigenvalue weighted by Crippen LogP contribution is 2.44. The Balaban J connectivity index is 1.54. The van der Waals surface area contributed by atoms with Gasteiger partial charge in [0, 0.05) is 11.4 Å². The average molecular weight is 285 g/mol. The van der Waals surface area contributed by atoms with Gasteiger partial charge in [0.25, 0.3) is 0 Å². The predicted octanol–water partition coefficient (Wildman–Crippen LogP) is 2.73. The van der Waals surface area contributed by atoms with Crippen molar-refractivity contribution in [1.29, 1.82) is 0 Å². The molecule has 18 heavy (non-hydrogen) atoms. The van der Waals surface area contributed by atoms with Crippen LogP contribution in [-0.4, -0.2) is 16.9 Å². The van der Waals surface area contributed by atoms with Crippen molar-refractivity contribution in [2.45, 2.75) is 44.0 Å². The van der Waals surface area contributed by atoms with Crippen LogP contribution in [0.4, 0.5) is 0 Å². The lowest BCUT2D eigenvalue weighted by molar-refractivity contribution is -0.121. The van der Waals surface area contributed by atoms with Gasteiger partial charge in [0.05, 0.1) is 18.0 Å². The number of aromatic nitrogens is 1. The van der Waals surface area contributed by atoms with Crippen molar-refractivity contribution >= 4 is 28.8 Å². The van der Waals surface area contributed by atoms with Crippen molar-refractivity contribution in [3.63, 3.8) is 0 Å². The van der Waals surface area contributed by atoms with Crippen LogP contribution in [0.2, 0.25) is 0 Å². The fraction of sp³-hybridized carbons (Fsp3) is 0.692. The maximum absolute atomic E-state index is 12.0. The van der Waals surface area contributed by atoms with Gasteiger partial charge in [-0.2, -0.15) is 0 Å². The molecule has 2 aliphatic rings. The van der Waals surface area contributed by atoms with E-state index in [9.17, 15) is 4.79 Å². The molecule has 98 valence electrons. The first-order valence-corrected chi connectivity index (χ1v) is 7.96. The quantitative estimate of drug-likeness (QED) is 0.816. The van der Waals surface area contributed by atoms with E-state index in [1.807, 2.05) is 5.38 Å². The molecule has 1 heterocycles. The van der Waals surface area contributed by atoms with Crippen molar-refractivity contribution in [3.8, 4) is 0 Å². The summed E-state index contributed by atoms with van der Waals surface area (Å²) in [6.07, 6.45) is 5.55. The normalized spacial score (nSPS) is 19.2. The third kappa shape index (κ3) is 3.04. The van der Waals surface area contributed by atoms with E-state index in [1.165, 1.54) is 37.0 Å². The second-order valence-corrected chi connectivity index (χ2v) is 6.52. The molecule has 0 radical (unpaired) electrons. The van der Waals surface area contributed by atoms with E-state index in [2.05, 4.69) is 10.3 Å². The Kier molecular flexibility index (Phi) is 3.57. The molecule has 0 unspecified atom stereocenters. The minimum Gasteiger partial charge on any atom is -0.352 e. The first-order valence-electron chi connectivity index (χ1n) is 6.55. The zero-order chi connectivity index (χ0) is 12.5. The van der Waals surface area contributed by atoms with Gasteiger partial charge in [0.15, 0.2) is 0 Å². The summed E-state index contributed by atoms with van der Waals surface area (Å²) in [5.41, 5.74) is 0.866. The molecule has 2 aliphatic carbocycles. The van der Waals surface area contributed by atoms with E-state index in [1.54, 1.807) is 0 Å². The third-order valence-electron chi connectivity index (χ3n) is 3.64. The minimum absolute atomic E-state index is 0.120. The predicted molar refractivity (Wildman–Crippen MR) is 72.8 cm³/mol. The van der Waals surface area contributed by atoms with Crippen LogP contribution in [0.25, 0.3) is 0 Å². The first-order chi connectivity index (χ1) is 8.76. The number of carbonyl (C=O) groups is 1. The highest BCUT2D eigenvalue weighted by molar-refractivity contribution is 7.09. The van der Waals surface area contributed by atoms with E-state index in [0.717, 1.165) is 22.5 Å². The molecule has 2 fully saturated rings. The first kappa shape index (κ1) is 12.4. The molecule has 1 aromatic heterocycles. The molecular formula is C13H17ClN2OS. The standard InChI is InChI=1S/C13H17ClN2OS/c14-6-10-7-18-12(15-10)5-11(17)16-13(8-1-2-8)9-3-4-9/h7-9,13H,1-6H2,(H,16,17). The van der Waals surface area contributed by atoms with Gasteiger partial charge in [0.2, 0.25) is 5.91 Å². The van der Waals surface area contributed by atoms with Gasteiger partial charge in [-0.05, 0) is 37.5 Å². The number of nitrogens with one attached hydrogen (secondary N) is 1. The molecule has 1 amide bonds. The van der Waals surface area contributed by atoms with Crippen LogP contribution >= 0.6 is 22.9 Å². The maximum Gasteiger partial charge on any atom is 0.227 e. The lowest BCUT2D eigenvalue weighted by Gasteiger charge is -2.17. The average Bonchev–Trinajstić information content (AvgIpc) is 3.25. The van der Waals surface area contributed by atoms with Crippen LogP contribution in [-0.2, 0) is 17.1 Å². The number of rotatable bonds is 6. The van der Waals surface area contributed by atoms with Crippen molar-refractivity contribution in [2.24, 2.45) is 11.8 Å². The summed E-state index contributed by atoms with van der Waals surface area (Å²) < 4.78 is 0. The Morgan fingerprint density at radius 1 is 1.44 bits per heavy atom. The van der Waals surface area contributed by atoms with Crippen LogP contribution in [0.5, 0.6) is 0 Å². The number of thiazole rings is 1. The summed E-state index contributed by atoms with van der Waals surface area (Å²) in [5.74, 6) is 2.03. The summed E-state index contributed by atoms with van der Waals surface area (Å²) in [5, 5.41) is 6.01. The molecule has 0 saturated heterocycles. The highest BCUT2D eigenvalue weighted by Gasteiger charge is 2.42. The van der Waals surface area contributed by atoms with Gasteiger partial charge in [-0.3, -0.25) is 4.79 Å². The van der Waals surface area contributed by atoms with Crippen molar-refractivity contribution in [3.05, 3.63) is 16.1 Å². The number of halogens is 1. The van der Waals surface area contributed by atoms with Gasteiger partial charge in [-0.15, -0.1) is 22.9 Å². The molecule has 0 bridgehead atoms. The number of carbonyl (C=O) groups excluding carboxylic acids is 1.